The Balaban J connectivity index is 1.58. The summed E-state index contributed by atoms with van der Waals surface area (Å²) in [4.78, 5) is 20.0. The Morgan fingerprint density at radius 3 is 2.95 bits per heavy atom. The van der Waals surface area contributed by atoms with Crippen LogP contribution in [0.5, 0.6) is 0 Å². The van der Waals surface area contributed by atoms with Crippen LogP contribution in [-0.2, 0) is 17.9 Å². The van der Waals surface area contributed by atoms with Gasteiger partial charge >= 0.3 is 0 Å². The third-order valence-electron chi connectivity index (χ3n) is 3.10. The van der Waals surface area contributed by atoms with Crippen molar-refractivity contribution in [2.45, 2.75) is 19.5 Å². The number of pyridine rings is 1. The van der Waals surface area contributed by atoms with Crippen LogP contribution in [0.15, 0.2) is 49.4 Å². The molecule has 0 aliphatic carbocycles. The highest BCUT2D eigenvalue weighted by molar-refractivity contribution is 5.75. The molecule has 0 saturated carbocycles. The van der Waals surface area contributed by atoms with Gasteiger partial charge in [0.2, 0.25) is 5.91 Å². The summed E-state index contributed by atoms with van der Waals surface area (Å²) in [5, 5.41) is 11.0. The summed E-state index contributed by atoms with van der Waals surface area (Å²) < 4.78 is 3.30. The molecule has 0 aromatic carbocycles. The van der Waals surface area contributed by atoms with Crippen molar-refractivity contribution in [3.8, 4) is 5.82 Å². The molecule has 0 bridgehead atoms. The number of nitrogens with zero attached hydrogens (tertiary/aromatic N) is 6. The fraction of sp³-hybridized carbons (Fsp3) is 0.214. The van der Waals surface area contributed by atoms with Gasteiger partial charge in [0, 0.05) is 37.1 Å². The highest BCUT2D eigenvalue weighted by Crippen LogP contribution is 2.09. The Bertz CT molecular complexity index is 722. The zero-order chi connectivity index (χ0) is 15.2. The number of amides is 1. The molecular weight excluding hydrogens is 282 g/mol. The van der Waals surface area contributed by atoms with Crippen LogP contribution in [0, 0.1) is 0 Å². The minimum absolute atomic E-state index is 0.0502. The van der Waals surface area contributed by atoms with Gasteiger partial charge in [-0.3, -0.25) is 9.48 Å². The van der Waals surface area contributed by atoms with Crippen molar-refractivity contribution >= 4 is 5.91 Å². The first-order valence-electron chi connectivity index (χ1n) is 6.86. The van der Waals surface area contributed by atoms with Gasteiger partial charge in [-0.15, -0.1) is 0 Å². The molecule has 3 aromatic rings. The molecule has 0 aliphatic heterocycles. The van der Waals surface area contributed by atoms with Crippen LogP contribution in [0.1, 0.15) is 12.0 Å². The van der Waals surface area contributed by atoms with E-state index in [0.717, 1.165) is 5.56 Å². The Hall–Kier alpha value is -3.03. The van der Waals surface area contributed by atoms with Gasteiger partial charge in [0.15, 0.2) is 5.82 Å². The van der Waals surface area contributed by atoms with Crippen LogP contribution in [0.3, 0.4) is 0 Å². The molecule has 22 heavy (non-hydrogen) atoms. The van der Waals surface area contributed by atoms with Crippen molar-refractivity contribution in [1.82, 2.24) is 34.8 Å². The lowest BCUT2D eigenvalue weighted by atomic mass is 10.2. The lowest BCUT2D eigenvalue weighted by Crippen LogP contribution is -2.25. The molecule has 1 N–H and O–H groups in total. The quantitative estimate of drug-likeness (QED) is 0.718. The van der Waals surface area contributed by atoms with Gasteiger partial charge in [-0.2, -0.15) is 10.2 Å². The van der Waals surface area contributed by atoms with E-state index >= 15 is 0 Å². The molecule has 112 valence electrons. The molecule has 1 amide bonds. The van der Waals surface area contributed by atoms with Crippen LogP contribution in [0.2, 0.25) is 0 Å². The third kappa shape index (κ3) is 3.35. The number of rotatable bonds is 6. The van der Waals surface area contributed by atoms with Gasteiger partial charge in [0.1, 0.15) is 12.7 Å². The van der Waals surface area contributed by atoms with Crippen molar-refractivity contribution in [2.75, 3.05) is 0 Å². The summed E-state index contributed by atoms with van der Waals surface area (Å²) in [5.41, 5.74) is 0.903. The summed E-state index contributed by atoms with van der Waals surface area (Å²) >= 11 is 0. The third-order valence-corrected chi connectivity index (χ3v) is 3.10. The largest absolute Gasteiger partial charge is 0.352 e. The maximum absolute atomic E-state index is 11.9. The van der Waals surface area contributed by atoms with Gasteiger partial charge in [-0.1, -0.05) is 6.07 Å². The maximum atomic E-state index is 11.9. The lowest BCUT2D eigenvalue weighted by molar-refractivity contribution is -0.121. The average Bonchev–Trinajstić information content (AvgIpc) is 3.24. The first-order chi connectivity index (χ1) is 10.8. The standard InChI is InChI=1S/C14H15N7O/c22-13(4-8-20-11-15-10-19-20)17-9-12-3-1-5-16-14(12)21-7-2-6-18-21/h1-3,5-7,10-11H,4,8-9H2,(H,17,22). The number of hydrogen-bond acceptors (Lipinski definition) is 5. The maximum Gasteiger partial charge on any atom is 0.222 e. The van der Waals surface area contributed by atoms with E-state index in [1.54, 1.807) is 28.1 Å². The summed E-state index contributed by atoms with van der Waals surface area (Å²) in [5.74, 6) is 0.662. The van der Waals surface area contributed by atoms with Crippen molar-refractivity contribution < 1.29 is 4.79 Å². The molecule has 0 spiro atoms. The van der Waals surface area contributed by atoms with E-state index in [2.05, 4.69) is 25.5 Å². The van der Waals surface area contributed by atoms with E-state index in [0.29, 0.717) is 25.3 Å². The summed E-state index contributed by atoms with van der Waals surface area (Å²) in [6.45, 7) is 0.907. The second-order valence-corrected chi connectivity index (χ2v) is 4.62. The van der Waals surface area contributed by atoms with Crippen LogP contribution >= 0.6 is 0 Å². The minimum Gasteiger partial charge on any atom is -0.352 e. The smallest absolute Gasteiger partial charge is 0.222 e. The first-order valence-corrected chi connectivity index (χ1v) is 6.86. The first kappa shape index (κ1) is 13.9. The van der Waals surface area contributed by atoms with E-state index in [1.807, 2.05) is 24.4 Å². The second kappa shape index (κ2) is 6.61. The van der Waals surface area contributed by atoms with E-state index < -0.39 is 0 Å². The van der Waals surface area contributed by atoms with Crippen molar-refractivity contribution in [3.63, 3.8) is 0 Å². The van der Waals surface area contributed by atoms with Gasteiger partial charge in [0.25, 0.3) is 0 Å². The fourth-order valence-electron chi connectivity index (χ4n) is 2.02. The Kier molecular flexibility index (Phi) is 4.19. The monoisotopic (exact) mass is 297 g/mol. The molecule has 0 unspecified atom stereocenters. The number of hydrogen-bond donors (Lipinski definition) is 1. The SMILES string of the molecule is O=C(CCn1cncn1)NCc1cccnc1-n1cccn1. The highest BCUT2D eigenvalue weighted by atomic mass is 16.1. The molecule has 0 saturated heterocycles. The molecule has 0 fully saturated rings. The predicted molar refractivity (Wildman–Crippen MR) is 77.8 cm³/mol. The molecule has 0 atom stereocenters. The zero-order valence-electron chi connectivity index (χ0n) is 11.8. The topological polar surface area (TPSA) is 90.5 Å². The van der Waals surface area contributed by atoms with Gasteiger partial charge in [0.05, 0.1) is 6.54 Å². The number of carbonyl (C=O) groups is 1. The summed E-state index contributed by atoms with van der Waals surface area (Å²) in [6.07, 6.45) is 8.59. The van der Waals surface area contributed by atoms with Crippen molar-refractivity contribution in [2.24, 2.45) is 0 Å². The number of aryl methyl sites for hydroxylation is 1. The number of nitrogens with one attached hydrogen (secondary N) is 1. The molecule has 3 aromatic heterocycles. The zero-order valence-corrected chi connectivity index (χ0v) is 11.8. The molecule has 3 heterocycles. The van der Waals surface area contributed by atoms with Gasteiger partial charge < -0.3 is 5.32 Å². The van der Waals surface area contributed by atoms with Crippen LogP contribution in [0.25, 0.3) is 5.82 Å². The van der Waals surface area contributed by atoms with Gasteiger partial charge in [-0.05, 0) is 12.1 Å². The number of aromatic nitrogens is 6. The number of carbonyl (C=O) groups excluding carboxylic acids is 1. The molecule has 0 aliphatic rings. The normalized spacial score (nSPS) is 10.5. The Morgan fingerprint density at radius 1 is 1.23 bits per heavy atom. The van der Waals surface area contributed by atoms with E-state index in [9.17, 15) is 4.79 Å². The van der Waals surface area contributed by atoms with Crippen LogP contribution in [0.4, 0.5) is 0 Å². The van der Waals surface area contributed by atoms with Crippen LogP contribution < -0.4 is 5.32 Å². The molecular formula is C14H15N7O. The molecule has 0 radical (unpaired) electrons. The van der Waals surface area contributed by atoms with E-state index in [-0.39, 0.29) is 5.91 Å². The van der Waals surface area contributed by atoms with Crippen molar-refractivity contribution in [3.05, 3.63) is 55.0 Å². The summed E-state index contributed by atoms with van der Waals surface area (Å²) in [6, 6.07) is 5.58. The minimum atomic E-state index is -0.0502. The highest BCUT2D eigenvalue weighted by Gasteiger charge is 2.08. The lowest BCUT2D eigenvalue weighted by Gasteiger charge is -2.09. The Morgan fingerprint density at radius 2 is 2.18 bits per heavy atom. The predicted octanol–water partition coefficient (Wildman–Crippen LogP) is 0.565. The second-order valence-electron chi connectivity index (χ2n) is 4.62. The fourth-order valence-corrected chi connectivity index (χ4v) is 2.02. The molecule has 8 heteroatoms. The van der Waals surface area contributed by atoms with Crippen LogP contribution in [-0.4, -0.2) is 35.4 Å². The van der Waals surface area contributed by atoms with Gasteiger partial charge in [-0.25, -0.2) is 14.6 Å². The average molecular weight is 297 g/mol. The van der Waals surface area contributed by atoms with Crippen molar-refractivity contribution in [1.29, 1.82) is 0 Å². The van der Waals surface area contributed by atoms with E-state index in [1.165, 1.54) is 6.33 Å². The summed E-state index contributed by atoms with van der Waals surface area (Å²) in [7, 11) is 0. The Labute approximate surface area is 126 Å². The van der Waals surface area contributed by atoms with E-state index in [4.69, 9.17) is 0 Å². The molecule has 3 rings (SSSR count). The molecule has 8 nitrogen and oxygen atoms in total.